The predicted molar refractivity (Wildman–Crippen MR) is 98.9 cm³/mol. The van der Waals surface area contributed by atoms with E-state index in [1.54, 1.807) is 0 Å². The SMILES string of the molecule is Cc1cnc(C=CC=Cc2ccccc2)cc1-c1ccccc1. The number of allylic oxidation sites excluding steroid dienone is 2. The van der Waals surface area contributed by atoms with Crippen LogP contribution in [0.25, 0.3) is 23.3 Å². The van der Waals surface area contributed by atoms with Gasteiger partial charge in [0, 0.05) is 6.20 Å². The number of pyridine rings is 1. The van der Waals surface area contributed by atoms with Crippen LogP contribution in [0.5, 0.6) is 0 Å². The highest BCUT2D eigenvalue weighted by atomic mass is 14.7. The molecule has 2 aromatic carbocycles. The molecule has 0 saturated carbocycles. The Morgan fingerprint density at radius 3 is 2.17 bits per heavy atom. The molecule has 0 bridgehead atoms. The molecule has 3 aromatic rings. The Hall–Kier alpha value is -2.93. The van der Waals surface area contributed by atoms with Gasteiger partial charge >= 0.3 is 0 Å². The van der Waals surface area contributed by atoms with Gasteiger partial charge in [-0.1, -0.05) is 78.9 Å². The van der Waals surface area contributed by atoms with Gasteiger partial charge in [-0.3, -0.25) is 4.98 Å². The van der Waals surface area contributed by atoms with Crippen LogP contribution in [-0.4, -0.2) is 4.98 Å². The zero-order valence-corrected chi connectivity index (χ0v) is 13.2. The van der Waals surface area contributed by atoms with Gasteiger partial charge in [0.2, 0.25) is 0 Å². The summed E-state index contributed by atoms with van der Waals surface area (Å²) in [4.78, 5) is 4.49. The van der Waals surface area contributed by atoms with Crippen LogP contribution in [0.1, 0.15) is 16.8 Å². The van der Waals surface area contributed by atoms with E-state index >= 15 is 0 Å². The summed E-state index contributed by atoms with van der Waals surface area (Å²) in [6.07, 6.45) is 10.1. The van der Waals surface area contributed by atoms with Crippen LogP contribution in [0.2, 0.25) is 0 Å². The van der Waals surface area contributed by atoms with E-state index in [2.05, 4.69) is 60.4 Å². The molecular weight excluding hydrogens is 278 g/mol. The number of aromatic nitrogens is 1. The predicted octanol–water partition coefficient (Wildman–Crippen LogP) is 5.78. The van der Waals surface area contributed by atoms with E-state index in [9.17, 15) is 0 Å². The molecule has 1 nitrogen and oxygen atoms in total. The van der Waals surface area contributed by atoms with Gasteiger partial charge in [-0.15, -0.1) is 0 Å². The first-order valence-electron chi connectivity index (χ1n) is 7.75. The highest BCUT2D eigenvalue weighted by Crippen LogP contribution is 2.23. The van der Waals surface area contributed by atoms with Crippen molar-refractivity contribution in [2.45, 2.75) is 6.92 Å². The fourth-order valence-corrected chi connectivity index (χ4v) is 2.44. The second-order valence-corrected chi connectivity index (χ2v) is 5.42. The Morgan fingerprint density at radius 2 is 1.43 bits per heavy atom. The van der Waals surface area contributed by atoms with Gasteiger partial charge < -0.3 is 0 Å². The Bertz CT molecular complexity index is 815. The molecule has 0 saturated heterocycles. The summed E-state index contributed by atoms with van der Waals surface area (Å²) >= 11 is 0. The van der Waals surface area contributed by atoms with Crippen molar-refractivity contribution >= 4 is 12.2 Å². The van der Waals surface area contributed by atoms with Crippen LogP contribution in [0.4, 0.5) is 0 Å². The topological polar surface area (TPSA) is 12.9 Å². The molecular formula is C22H19N. The first-order chi connectivity index (χ1) is 11.3. The van der Waals surface area contributed by atoms with Gasteiger partial charge in [0.1, 0.15) is 0 Å². The molecule has 0 aliphatic heterocycles. The number of nitrogens with zero attached hydrogens (tertiary/aromatic N) is 1. The lowest BCUT2D eigenvalue weighted by Gasteiger charge is -2.06. The third-order valence-corrected chi connectivity index (χ3v) is 3.68. The van der Waals surface area contributed by atoms with E-state index in [1.165, 1.54) is 22.3 Å². The third-order valence-electron chi connectivity index (χ3n) is 3.68. The van der Waals surface area contributed by atoms with Gasteiger partial charge in [0.15, 0.2) is 0 Å². The van der Waals surface area contributed by atoms with Crippen molar-refractivity contribution in [1.82, 2.24) is 4.98 Å². The number of rotatable bonds is 4. The zero-order valence-electron chi connectivity index (χ0n) is 13.2. The van der Waals surface area contributed by atoms with Gasteiger partial charge in [0.25, 0.3) is 0 Å². The molecule has 0 aliphatic rings. The second kappa shape index (κ2) is 7.37. The van der Waals surface area contributed by atoms with Crippen LogP contribution in [0, 0.1) is 6.92 Å². The molecule has 1 heterocycles. The highest BCUT2D eigenvalue weighted by Gasteiger charge is 2.02. The van der Waals surface area contributed by atoms with Crippen LogP contribution >= 0.6 is 0 Å². The Morgan fingerprint density at radius 1 is 0.783 bits per heavy atom. The summed E-state index contributed by atoms with van der Waals surface area (Å²) in [5.74, 6) is 0. The maximum absolute atomic E-state index is 4.49. The molecule has 0 spiro atoms. The largest absolute Gasteiger partial charge is 0.257 e. The minimum atomic E-state index is 0.965. The molecule has 23 heavy (non-hydrogen) atoms. The van der Waals surface area contributed by atoms with Crippen molar-refractivity contribution in [3.63, 3.8) is 0 Å². The van der Waals surface area contributed by atoms with Gasteiger partial charge in [-0.2, -0.15) is 0 Å². The fourth-order valence-electron chi connectivity index (χ4n) is 2.44. The van der Waals surface area contributed by atoms with E-state index in [0.717, 1.165) is 5.69 Å². The Balaban J connectivity index is 1.79. The Kier molecular flexibility index (Phi) is 4.80. The van der Waals surface area contributed by atoms with Gasteiger partial charge in [0.05, 0.1) is 5.69 Å². The van der Waals surface area contributed by atoms with E-state index in [0.29, 0.717) is 0 Å². The number of aryl methyl sites for hydroxylation is 1. The van der Waals surface area contributed by atoms with Crippen LogP contribution in [0.15, 0.2) is 85.1 Å². The molecule has 0 fully saturated rings. The molecule has 1 aromatic heterocycles. The summed E-state index contributed by atoms with van der Waals surface area (Å²) in [7, 11) is 0. The van der Waals surface area contributed by atoms with Crippen molar-refractivity contribution in [2.24, 2.45) is 0 Å². The number of hydrogen-bond acceptors (Lipinski definition) is 1. The summed E-state index contributed by atoms with van der Waals surface area (Å²) in [5.41, 5.74) is 5.80. The van der Waals surface area contributed by atoms with Crippen LogP contribution in [-0.2, 0) is 0 Å². The molecule has 112 valence electrons. The van der Waals surface area contributed by atoms with E-state index < -0.39 is 0 Å². The average molecular weight is 297 g/mol. The quantitative estimate of drug-likeness (QED) is 0.556. The highest BCUT2D eigenvalue weighted by molar-refractivity contribution is 5.69. The summed E-state index contributed by atoms with van der Waals surface area (Å²) in [6, 6.07) is 22.8. The smallest absolute Gasteiger partial charge is 0.0636 e. The fraction of sp³-hybridized carbons (Fsp3) is 0.0455. The molecule has 0 N–H and O–H groups in total. The van der Waals surface area contributed by atoms with Crippen LogP contribution in [0.3, 0.4) is 0 Å². The molecule has 0 amide bonds. The number of benzene rings is 2. The van der Waals surface area contributed by atoms with E-state index in [4.69, 9.17) is 0 Å². The molecule has 0 radical (unpaired) electrons. The molecule has 0 atom stereocenters. The maximum atomic E-state index is 4.49. The molecule has 1 heteroatoms. The summed E-state index contributed by atoms with van der Waals surface area (Å²) in [5, 5.41) is 0. The average Bonchev–Trinajstić information content (AvgIpc) is 2.62. The minimum Gasteiger partial charge on any atom is -0.257 e. The van der Waals surface area contributed by atoms with Crippen LogP contribution < -0.4 is 0 Å². The standard InChI is InChI=1S/C22H19N/c1-18-17-23-21(16-22(18)20-13-6-3-7-14-20)15-9-8-12-19-10-4-2-5-11-19/h2-17H,1H3. The second-order valence-electron chi connectivity index (χ2n) is 5.42. The van der Waals surface area contributed by atoms with Crippen molar-refractivity contribution in [2.75, 3.05) is 0 Å². The lowest BCUT2D eigenvalue weighted by atomic mass is 10.0. The third kappa shape index (κ3) is 4.04. The first-order valence-corrected chi connectivity index (χ1v) is 7.75. The normalized spacial score (nSPS) is 11.3. The van der Waals surface area contributed by atoms with Crippen molar-refractivity contribution in [3.05, 3.63) is 102 Å². The lowest BCUT2D eigenvalue weighted by Crippen LogP contribution is -1.88. The van der Waals surface area contributed by atoms with Crippen molar-refractivity contribution < 1.29 is 0 Å². The first kappa shape index (κ1) is 15.0. The van der Waals surface area contributed by atoms with E-state index in [1.807, 2.05) is 48.7 Å². The molecule has 0 aliphatic carbocycles. The molecule has 0 unspecified atom stereocenters. The minimum absolute atomic E-state index is 0.965. The Labute approximate surface area is 137 Å². The van der Waals surface area contributed by atoms with Gasteiger partial charge in [-0.25, -0.2) is 0 Å². The monoisotopic (exact) mass is 297 g/mol. The number of hydrogen-bond donors (Lipinski definition) is 0. The summed E-state index contributed by atoms with van der Waals surface area (Å²) < 4.78 is 0. The zero-order chi connectivity index (χ0) is 15.9. The van der Waals surface area contributed by atoms with Crippen molar-refractivity contribution in [1.29, 1.82) is 0 Å². The maximum Gasteiger partial charge on any atom is 0.0636 e. The van der Waals surface area contributed by atoms with Crippen molar-refractivity contribution in [3.8, 4) is 11.1 Å². The molecule has 3 rings (SSSR count). The van der Waals surface area contributed by atoms with Gasteiger partial charge in [-0.05, 0) is 41.3 Å². The lowest BCUT2D eigenvalue weighted by molar-refractivity contribution is 1.24. The summed E-state index contributed by atoms with van der Waals surface area (Å²) in [6.45, 7) is 2.10. The van der Waals surface area contributed by atoms with E-state index in [-0.39, 0.29) is 0 Å².